The molecule has 0 atom stereocenters. The van der Waals surface area contributed by atoms with E-state index in [4.69, 9.17) is 5.11 Å². The summed E-state index contributed by atoms with van der Waals surface area (Å²) >= 11 is 1.44. The van der Waals surface area contributed by atoms with E-state index in [0.29, 0.717) is 0 Å². The lowest BCUT2D eigenvalue weighted by Gasteiger charge is -1.77. The first-order chi connectivity index (χ1) is 3.30. The third-order valence-corrected chi connectivity index (χ3v) is 1.47. The molecule has 0 fully saturated rings. The van der Waals surface area contributed by atoms with Gasteiger partial charge < -0.3 is 5.11 Å². The smallest absolute Gasteiger partial charge is 0.214 e. The van der Waals surface area contributed by atoms with Crippen LogP contribution in [0.4, 0.5) is 0 Å². The average Bonchev–Trinajstić information content (AvgIpc) is 1.91. The number of thiazole rings is 1. The van der Waals surface area contributed by atoms with Crippen molar-refractivity contribution in [2.24, 2.45) is 0 Å². The number of aromatic nitrogens is 1. The van der Waals surface area contributed by atoms with Gasteiger partial charge in [0.1, 0.15) is 0 Å². The highest BCUT2D eigenvalue weighted by molar-refractivity contribution is 7.18. The summed E-state index contributed by atoms with van der Waals surface area (Å²) in [4.78, 5) is 3.59. The maximum absolute atomic E-state index is 8.66. The van der Waals surface area contributed by atoms with Crippen molar-refractivity contribution in [1.82, 2.24) is 4.98 Å². The van der Waals surface area contributed by atoms with Crippen LogP contribution in [0.2, 0.25) is 0 Å². The van der Waals surface area contributed by atoms with Gasteiger partial charge in [0.05, 0.1) is 5.51 Å². The molecule has 1 rings (SSSR count). The highest BCUT2D eigenvalue weighted by Gasteiger charge is 1.92. The van der Waals surface area contributed by atoms with Crippen molar-refractivity contribution in [3.63, 3.8) is 0 Å². The van der Waals surface area contributed by atoms with Crippen LogP contribution < -0.4 is 4.78 Å². The standard InChI is InChI=1S/C3H4BNOS/c4-2-3(6)5-1-7-2/h1,6H,4H2. The lowest BCUT2D eigenvalue weighted by Crippen LogP contribution is -1.92. The monoisotopic (exact) mass is 113 g/mol. The second kappa shape index (κ2) is 1.54. The maximum Gasteiger partial charge on any atom is 0.214 e. The predicted molar refractivity (Wildman–Crippen MR) is 32.0 cm³/mol. The second-order valence-corrected chi connectivity index (χ2v) is 2.29. The van der Waals surface area contributed by atoms with E-state index in [1.165, 1.54) is 11.3 Å². The van der Waals surface area contributed by atoms with Crippen LogP contribution in [0.15, 0.2) is 5.51 Å². The number of rotatable bonds is 0. The van der Waals surface area contributed by atoms with Crippen molar-refractivity contribution < 1.29 is 5.11 Å². The van der Waals surface area contributed by atoms with E-state index in [9.17, 15) is 0 Å². The minimum absolute atomic E-state index is 0.157. The Morgan fingerprint density at radius 3 is 2.71 bits per heavy atom. The molecule has 1 aromatic rings. The zero-order valence-corrected chi connectivity index (χ0v) is 4.70. The molecule has 7 heavy (non-hydrogen) atoms. The molecule has 0 unspecified atom stereocenters. The Kier molecular flexibility index (Phi) is 1.02. The van der Waals surface area contributed by atoms with E-state index in [2.05, 4.69) is 4.98 Å². The Morgan fingerprint density at radius 2 is 2.57 bits per heavy atom. The Labute approximate surface area is 46.2 Å². The Balaban J connectivity index is 3.12. The summed E-state index contributed by atoms with van der Waals surface area (Å²) in [7, 11) is 1.83. The van der Waals surface area contributed by atoms with Gasteiger partial charge in [-0.2, -0.15) is 0 Å². The van der Waals surface area contributed by atoms with Gasteiger partial charge in [0.2, 0.25) is 5.88 Å². The minimum Gasteiger partial charge on any atom is -0.493 e. The van der Waals surface area contributed by atoms with Crippen LogP contribution in [0.5, 0.6) is 5.88 Å². The molecule has 0 aromatic carbocycles. The molecule has 1 N–H and O–H groups in total. The Bertz CT molecular complexity index is 147. The van der Waals surface area contributed by atoms with E-state index in [0.717, 1.165) is 4.78 Å². The van der Waals surface area contributed by atoms with Gasteiger partial charge in [-0.25, -0.2) is 4.98 Å². The van der Waals surface area contributed by atoms with Gasteiger partial charge in [0, 0.05) is 4.78 Å². The second-order valence-electron chi connectivity index (χ2n) is 1.23. The van der Waals surface area contributed by atoms with Crippen molar-refractivity contribution in [2.75, 3.05) is 0 Å². The van der Waals surface area contributed by atoms with Crippen molar-refractivity contribution in [1.29, 1.82) is 0 Å². The van der Waals surface area contributed by atoms with Crippen LogP contribution in [0, 0.1) is 0 Å². The first kappa shape index (κ1) is 4.65. The maximum atomic E-state index is 8.66. The number of aromatic hydroxyl groups is 1. The van der Waals surface area contributed by atoms with Crippen LogP contribution >= 0.6 is 11.3 Å². The largest absolute Gasteiger partial charge is 0.493 e. The van der Waals surface area contributed by atoms with Gasteiger partial charge in [0.15, 0.2) is 7.85 Å². The molecular formula is C3H4BNOS. The molecule has 0 radical (unpaired) electrons. The molecule has 36 valence electrons. The third kappa shape index (κ3) is 0.744. The van der Waals surface area contributed by atoms with Crippen LogP contribution in [-0.2, 0) is 0 Å². The SMILES string of the molecule is Bc1scnc1O. The summed E-state index contributed by atoms with van der Waals surface area (Å²) in [6.07, 6.45) is 0. The van der Waals surface area contributed by atoms with Crippen LogP contribution in [0.3, 0.4) is 0 Å². The molecule has 0 bridgehead atoms. The number of hydrogen-bond acceptors (Lipinski definition) is 3. The zero-order chi connectivity index (χ0) is 5.28. The highest BCUT2D eigenvalue weighted by atomic mass is 32.1. The quantitative estimate of drug-likeness (QED) is 0.442. The topological polar surface area (TPSA) is 33.1 Å². The van der Waals surface area contributed by atoms with Crippen LogP contribution in [0.1, 0.15) is 0 Å². The van der Waals surface area contributed by atoms with Gasteiger partial charge in [-0.3, -0.25) is 0 Å². The summed E-state index contributed by atoms with van der Waals surface area (Å²) < 4.78 is 0.875. The predicted octanol–water partition coefficient (Wildman–Crippen LogP) is -0.893. The van der Waals surface area contributed by atoms with E-state index in [-0.39, 0.29) is 5.88 Å². The fraction of sp³-hybridized carbons (Fsp3) is 0. The Hall–Kier alpha value is -0.505. The molecular weight excluding hydrogens is 109 g/mol. The molecule has 0 saturated carbocycles. The van der Waals surface area contributed by atoms with Crippen molar-refractivity contribution in [3.8, 4) is 5.88 Å². The summed E-state index contributed by atoms with van der Waals surface area (Å²) in [5.74, 6) is 0.157. The summed E-state index contributed by atoms with van der Waals surface area (Å²) in [5.41, 5.74) is 1.62. The lowest BCUT2D eigenvalue weighted by molar-refractivity contribution is 0.461. The van der Waals surface area contributed by atoms with E-state index >= 15 is 0 Å². The zero-order valence-electron chi connectivity index (χ0n) is 3.88. The molecule has 4 heteroatoms. The van der Waals surface area contributed by atoms with Gasteiger partial charge in [0.25, 0.3) is 0 Å². The normalized spacial score (nSPS) is 9.14. The summed E-state index contributed by atoms with van der Waals surface area (Å²) in [6.45, 7) is 0. The molecule has 0 spiro atoms. The molecule has 0 amide bonds. The Morgan fingerprint density at radius 1 is 1.86 bits per heavy atom. The first-order valence-electron chi connectivity index (χ1n) is 1.90. The molecule has 2 nitrogen and oxygen atoms in total. The number of nitrogens with zero attached hydrogens (tertiary/aromatic N) is 1. The van der Waals surface area contributed by atoms with Crippen molar-refractivity contribution >= 4 is 24.0 Å². The highest BCUT2D eigenvalue weighted by Crippen LogP contribution is 1.99. The van der Waals surface area contributed by atoms with E-state index in [1.54, 1.807) is 5.51 Å². The number of hydrogen-bond donors (Lipinski definition) is 1. The van der Waals surface area contributed by atoms with E-state index < -0.39 is 0 Å². The minimum atomic E-state index is 0.157. The molecule has 1 heterocycles. The van der Waals surface area contributed by atoms with Crippen LogP contribution in [-0.4, -0.2) is 17.9 Å². The molecule has 0 aliphatic carbocycles. The molecule has 0 aliphatic rings. The first-order valence-corrected chi connectivity index (χ1v) is 2.77. The fourth-order valence-electron chi connectivity index (χ4n) is 0.299. The van der Waals surface area contributed by atoms with Gasteiger partial charge in [-0.05, 0) is 0 Å². The molecule has 0 aliphatic heterocycles. The van der Waals surface area contributed by atoms with E-state index in [1.807, 2.05) is 7.85 Å². The summed E-state index contributed by atoms with van der Waals surface area (Å²) in [6, 6.07) is 0. The summed E-state index contributed by atoms with van der Waals surface area (Å²) in [5, 5.41) is 8.66. The van der Waals surface area contributed by atoms with Crippen LogP contribution in [0.25, 0.3) is 0 Å². The van der Waals surface area contributed by atoms with Gasteiger partial charge in [-0.1, -0.05) is 0 Å². The van der Waals surface area contributed by atoms with Crippen molar-refractivity contribution in [2.45, 2.75) is 0 Å². The average molecular weight is 113 g/mol. The third-order valence-electron chi connectivity index (χ3n) is 0.719. The van der Waals surface area contributed by atoms with Crippen molar-refractivity contribution in [3.05, 3.63) is 5.51 Å². The van der Waals surface area contributed by atoms with Gasteiger partial charge in [-0.15, -0.1) is 11.3 Å². The fourth-order valence-corrected chi connectivity index (χ4v) is 0.768. The molecule has 0 saturated heterocycles. The lowest BCUT2D eigenvalue weighted by atomic mass is 10.1. The van der Waals surface area contributed by atoms with Gasteiger partial charge >= 0.3 is 0 Å². The molecule has 1 aromatic heterocycles.